The van der Waals surface area contributed by atoms with Crippen LogP contribution in [0.3, 0.4) is 0 Å². The van der Waals surface area contributed by atoms with Crippen molar-refractivity contribution in [2.45, 2.75) is 25.3 Å². The molecule has 1 rings (SSSR count). The highest BCUT2D eigenvalue weighted by atomic mass is 32.2. The summed E-state index contributed by atoms with van der Waals surface area (Å²) in [5, 5.41) is 8.85. The number of hydrogen-bond acceptors (Lipinski definition) is 4. The topological polar surface area (TPSA) is 80.7 Å². The third-order valence-electron chi connectivity index (χ3n) is 2.32. The number of carboxylic acids is 1. The molecule has 0 saturated heterocycles. The zero-order chi connectivity index (χ0) is 14.8. The van der Waals surface area contributed by atoms with Crippen LogP contribution < -0.4 is 0 Å². The van der Waals surface area contributed by atoms with Gasteiger partial charge in [-0.25, -0.2) is 4.79 Å². The first-order chi connectivity index (χ1) is 8.64. The summed E-state index contributed by atoms with van der Waals surface area (Å²) in [5.41, 5.74) is -0.571. The van der Waals surface area contributed by atoms with Crippen molar-refractivity contribution in [2.24, 2.45) is 0 Å². The molecular formula is C10H9F3O5S. The molecular weight excluding hydrogens is 289 g/mol. The summed E-state index contributed by atoms with van der Waals surface area (Å²) in [6, 6.07) is 0. The van der Waals surface area contributed by atoms with Crippen LogP contribution in [-0.4, -0.2) is 42.7 Å². The lowest BCUT2D eigenvalue weighted by Gasteiger charge is -2.25. The Morgan fingerprint density at radius 1 is 1.47 bits per heavy atom. The average Bonchev–Trinajstić information content (AvgIpc) is 2.27. The SMILES string of the molecule is CC(OC1C(C(=O)O)=CC=CC1=S(=O)=O)C(F)(F)F. The molecule has 106 valence electrons. The van der Waals surface area contributed by atoms with Gasteiger partial charge in [-0.2, -0.15) is 21.6 Å². The fourth-order valence-corrected chi connectivity index (χ4v) is 1.87. The van der Waals surface area contributed by atoms with E-state index in [2.05, 4.69) is 4.74 Å². The van der Waals surface area contributed by atoms with Crippen LogP contribution in [0.1, 0.15) is 6.92 Å². The van der Waals surface area contributed by atoms with E-state index in [0.29, 0.717) is 6.92 Å². The molecule has 0 aliphatic heterocycles. The molecule has 1 aliphatic rings. The Balaban J connectivity index is 3.17. The van der Waals surface area contributed by atoms with Gasteiger partial charge >= 0.3 is 12.1 Å². The molecule has 0 aromatic rings. The maximum Gasteiger partial charge on any atom is 0.414 e. The summed E-state index contributed by atoms with van der Waals surface area (Å²) < 4.78 is 63.5. The van der Waals surface area contributed by atoms with Crippen molar-refractivity contribution in [1.82, 2.24) is 0 Å². The number of aliphatic carboxylic acids is 1. The highest BCUT2D eigenvalue weighted by Gasteiger charge is 2.41. The number of alkyl halides is 3. The van der Waals surface area contributed by atoms with E-state index in [9.17, 15) is 26.4 Å². The summed E-state index contributed by atoms with van der Waals surface area (Å²) >= 11 is 0. The fourth-order valence-electron chi connectivity index (χ4n) is 1.32. The van der Waals surface area contributed by atoms with Crippen LogP contribution in [0.4, 0.5) is 13.2 Å². The largest absolute Gasteiger partial charge is 0.478 e. The molecule has 2 atom stereocenters. The van der Waals surface area contributed by atoms with Gasteiger partial charge in [-0.05, 0) is 19.1 Å². The second kappa shape index (κ2) is 5.57. The maximum atomic E-state index is 12.4. The molecule has 19 heavy (non-hydrogen) atoms. The van der Waals surface area contributed by atoms with E-state index in [1.807, 2.05) is 0 Å². The predicted octanol–water partition coefficient (Wildman–Crippen LogP) is 0.955. The van der Waals surface area contributed by atoms with Crippen molar-refractivity contribution in [3.05, 3.63) is 23.8 Å². The molecule has 1 aliphatic carbocycles. The molecule has 0 spiro atoms. The highest BCUT2D eigenvalue weighted by Crippen LogP contribution is 2.26. The van der Waals surface area contributed by atoms with Crippen molar-refractivity contribution in [1.29, 1.82) is 0 Å². The lowest BCUT2D eigenvalue weighted by Crippen LogP contribution is -2.39. The van der Waals surface area contributed by atoms with E-state index in [0.717, 1.165) is 18.2 Å². The Bertz CT molecular complexity index is 562. The smallest absolute Gasteiger partial charge is 0.414 e. The molecule has 0 radical (unpaired) electrons. The van der Waals surface area contributed by atoms with Gasteiger partial charge in [-0.3, -0.25) is 0 Å². The van der Waals surface area contributed by atoms with Gasteiger partial charge < -0.3 is 9.84 Å². The van der Waals surface area contributed by atoms with Gasteiger partial charge in [0, 0.05) is 0 Å². The Labute approximate surface area is 107 Å². The molecule has 0 bridgehead atoms. The van der Waals surface area contributed by atoms with Gasteiger partial charge in [0.2, 0.25) is 10.3 Å². The van der Waals surface area contributed by atoms with Crippen molar-refractivity contribution < 1.29 is 36.2 Å². The predicted molar refractivity (Wildman–Crippen MR) is 59.2 cm³/mol. The number of ether oxygens (including phenoxy) is 1. The third-order valence-corrected chi connectivity index (χ3v) is 3.05. The second-order valence-corrected chi connectivity index (χ2v) is 4.56. The first kappa shape index (κ1) is 15.4. The van der Waals surface area contributed by atoms with Crippen molar-refractivity contribution >= 4 is 21.1 Å². The van der Waals surface area contributed by atoms with Crippen LogP contribution in [-0.2, 0) is 19.8 Å². The molecule has 9 heteroatoms. The van der Waals surface area contributed by atoms with E-state index in [1.54, 1.807) is 0 Å². The van der Waals surface area contributed by atoms with Gasteiger partial charge in [0.05, 0.1) is 5.57 Å². The van der Waals surface area contributed by atoms with E-state index in [4.69, 9.17) is 5.11 Å². The van der Waals surface area contributed by atoms with E-state index < -0.39 is 45.1 Å². The third kappa shape index (κ3) is 3.67. The van der Waals surface area contributed by atoms with Gasteiger partial charge in [0.15, 0.2) is 6.10 Å². The van der Waals surface area contributed by atoms with Crippen molar-refractivity contribution in [2.75, 3.05) is 0 Å². The van der Waals surface area contributed by atoms with Gasteiger partial charge in [0.1, 0.15) is 11.0 Å². The van der Waals surface area contributed by atoms with Crippen LogP contribution in [0.25, 0.3) is 0 Å². The van der Waals surface area contributed by atoms with Crippen molar-refractivity contribution in [3.8, 4) is 0 Å². The average molecular weight is 298 g/mol. The number of halogens is 3. The Hall–Kier alpha value is -1.61. The normalized spacial score (nSPS) is 20.9. The summed E-state index contributed by atoms with van der Waals surface area (Å²) in [6.07, 6.45) is -5.70. The quantitative estimate of drug-likeness (QED) is 0.785. The number of rotatable bonds is 3. The molecule has 0 heterocycles. The number of allylic oxidation sites excluding steroid dienone is 2. The lowest BCUT2D eigenvalue weighted by molar-refractivity contribution is -0.217. The second-order valence-electron chi connectivity index (χ2n) is 3.62. The van der Waals surface area contributed by atoms with Crippen LogP contribution in [0, 0.1) is 0 Å². The molecule has 0 saturated carbocycles. The van der Waals surface area contributed by atoms with E-state index in [1.165, 1.54) is 0 Å². The first-order valence-corrected chi connectivity index (χ1v) is 6.02. The summed E-state index contributed by atoms with van der Waals surface area (Å²) in [7, 11) is -2.88. The first-order valence-electron chi connectivity index (χ1n) is 4.94. The van der Waals surface area contributed by atoms with Gasteiger partial charge in [-0.15, -0.1) is 0 Å². The van der Waals surface area contributed by atoms with E-state index >= 15 is 0 Å². The molecule has 0 fully saturated rings. The molecule has 5 nitrogen and oxygen atoms in total. The Kier molecular flexibility index (Phi) is 4.53. The summed E-state index contributed by atoms with van der Waals surface area (Å²) in [5.74, 6) is -1.55. The standard InChI is InChI=1S/C10H9F3O5S/c1-5(10(11,12)13)18-8-6(9(14)15)3-2-4-7(8)19(16)17/h2-5,8H,1H3,(H,14,15). The van der Waals surface area contributed by atoms with E-state index in [-0.39, 0.29) is 0 Å². The highest BCUT2D eigenvalue weighted by molar-refractivity contribution is 7.73. The van der Waals surface area contributed by atoms with Gasteiger partial charge in [0.25, 0.3) is 0 Å². The Morgan fingerprint density at radius 3 is 2.47 bits per heavy atom. The van der Waals surface area contributed by atoms with Gasteiger partial charge in [-0.1, -0.05) is 6.08 Å². The lowest BCUT2D eigenvalue weighted by atomic mass is 10.0. The number of carbonyl (C=O) groups is 1. The fraction of sp³-hybridized carbons (Fsp3) is 0.400. The molecule has 0 amide bonds. The zero-order valence-corrected chi connectivity index (χ0v) is 10.3. The monoisotopic (exact) mass is 298 g/mol. The minimum Gasteiger partial charge on any atom is -0.478 e. The minimum absolute atomic E-state index is 0.559. The van der Waals surface area contributed by atoms with Crippen LogP contribution in [0.5, 0.6) is 0 Å². The minimum atomic E-state index is -4.72. The number of hydrogen-bond donors (Lipinski definition) is 1. The van der Waals surface area contributed by atoms with Crippen LogP contribution in [0.2, 0.25) is 0 Å². The molecule has 1 N–H and O–H groups in total. The van der Waals surface area contributed by atoms with Crippen LogP contribution >= 0.6 is 0 Å². The molecule has 2 unspecified atom stereocenters. The maximum absolute atomic E-state index is 12.4. The summed E-state index contributed by atoms with van der Waals surface area (Å²) in [6.45, 7) is 0.670. The Morgan fingerprint density at radius 2 is 2.05 bits per heavy atom. The number of carboxylic acid groups (broad SMARTS) is 1. The summed E-state index contributed by atoms with van der Waals surface area (Å²) in [4.78, 5) is 10.3. The zero-order valence-electron chi connectivity index (χ0n) is 9.51. The molecule has 0 aromatic heterocycles. The van der Waals surface area contributed by atoms with Crippen LogP contribution in [0.15, 0.2) is 23.8 Å². The molecule has 0 aromatic carbocycles. The van der Waals surface area contributed by atoms with Crippen molar-refractivity contribution in [3.63, 3.8) is 0 Å².